The maximum atomic E-state index is 11.8. The molecule has 6 heteroatoms. The Kier molecular flexibility index (Phi) is 5.21. The summed E-state index contributed by atoms with van der Waals surface area (Å²) in [6.45, 7) is 0.145. The van der Waals surface area contributed by atoms with Gasteiger partial charge in [0.15, 0.2) is 6.10 Å². The minimum Gasteiger partial charge on any atom is -0.467 e. The third-order valence-electron chi connectivity index (χ3n) is 3.08. The molecular weight excluding hydrogens is 286 g/mol. The van der Waals surface area contributed by atoms with E-state index in [0.29, 0.717) is 5.56 Å². The van der Waals surface area contributed by atoms with Crippen molar-refractivity contribution >= 4 is 11.7 Å². The molecule has 0 aliphatic heterocycles. The van der Waals surface area contributed by atoms with Crippen LogP contribution in [0, 0.1) is 10.1 Å². The summed E-state index contributed by atoms with van der Waals surface area (Å²) in [5.74, 6) is -0.492. The molecule has 0 aliphatic rings. The molecule has 0 saturated heterocycles. The van der Waals surface area contributed by atoms with Gasteiger partial charge in [0.05, 0.1) is 18.6 Å². The Morgan fingerprint density at radius 1 is 1.14 bits per heavy atom. The fourth-order valence-corrected chi connectivity index (χ4v) is 1.93. The quantitative estimate of drug-likeness (QED) is 0.465. The number of carbonyl (C=O) groups is 1. The highest BCUT2D eigenvalue weighted by atomic mass is 16.6. The van der Waals surface area contributed by atoms with Crippen LogP contribution in [0.5, 0.6) is 0 Å². The topological polar surface area (TPSA) is 78.7 Å². The zero-order valence-electron chi connectivity index (χ0n) is 12.0. The van der Waals surface area contributed by atoms with Crippen LogP contribution in [0.4, 0.5) is 5.69 Å². The fraction of sp³-hybridized carbons (Fsp3) is 0.188. The number of hydrogen-bond donors (Lipinski definition) is 0. The molecule has 0 spiro atoms. The molecular formula is C16H15NO5. The van der Waals surface area contributed by atoms with Gasteiger partial charge in [-0.15, -0.1) is 0 Å². The van der Waals surface area contributed by atoms with E-state index in [2.05, 4.69) is 0 Å². The van der Waals surface area contributed by atoms with Crippen molar-refractivity contribution in [2.24, 2.45) is 0 Å². The number of nitro groups is 1. The molecule has 0 N–H and O–H groups in total. The van der Waals surface area contributed by atoms with E-state index in [-0.39, 0.29) is 12.3 Å². The molecule has 0 amide bonds. The smallest absolute Gasteiger partial charge is 0.339 e. The number of methoxy groups -OCH3 is 1. The first-order valence-corrected chi connectivity index (χ1v) is 6.59. The highest BCUT2D eigenvalue weighted by Gasteiger charge is 2.22. The summed E-state index contributed by atoms with van der Waals surface area (Å²) in [6.07, 6.45) is -0.832. The van der Waals surface area contributed by atoms with E-state index in [4.69, 9.17) is 9.47 Å². The number of nitro benzene ring substituents is 1. The van der Waals surface area contributed by atoms with E-state index in [9.17, 15) is 14.9 Å². The van der Waals surface area contributed by atoms with Gasteiger partial charge in [-0.25, -0.2) is 4.79 Å². The summed E-state index contributed by atoms with van der Waals surface area (Å²) >= 11 is 0. The second-order valence-corrected chi connectivity index (χ2v) is 4.55. The Labute approximate surface area is 127 Å². The first-order chi connectivity index (χ1) is 10.6. The molecule has 2 aromatic rings. The van der Waals surface area contributed by atoms with Crippen LogP contribution in [-0.4, -0.2) is 18.0 Å². The average Bonchev–Trinajstić information content (AvgIpc) is 2.56. The van der Waals surface area contributed by atoms with Crippen molar-refractivity contribution in [3.05, 3.63) is 75.8 Å². The van der Waals surface area contributed by atoms with Crippen LogP contribution in [0.1, 0.15) is 17.2 Å². The van der Waals surface area contributed by atoms with Crippen molar-refractivity contribution in [1.82, 2.24) is 0 Å². The number of non-ortho nitro benzene ring substituents is 1. The second-order valence-electron chi connectivity index (χ2n) is 4.55. The fourth-order valence-electron chi connectivity index (χ4n) is 1.93. The maximum Gasteiger partial charge on any atom is 0.339 e. The highest BCUT2D eigenvalue weighted by molar-refractivity contribution is 5.76. The summed E-state index contributed by atoms with van der Waals surface area (Å²) < 4.78 is 10.4. The van der Waals surface area contributed by atoms with Crippen LogP contribution in [0.15, 0.2) is 54.6 Å². The van der Waals surface area contributed by atoms with Gasteiger partial charge in [-0.2, -0.15) is 0 Å². The van der Waals surface area contributed by atoms with Crippen LogP contribution in [-0.2, 0) is 20.9 Å². The van der Waals surface area contributed by atoms with Crippen molar-refractivity contribution in [2.45, 2.75) is 12.7 Å². The second kappa shape index (κ2) is 7.33. The molecule has 1 unspecified atom stereocenters. The van der Waals surface area contributed by atoms with Crippen LogP contribution in [0.2, 0.25) is 0 Å². The lowest BCUT2D eigenvalue weighted by Crippen LogP contribution is -2.17. The zero-order valence-corrected chi connectivity index (χ0v) is 12.0. The van der Waals surface area contributed by atoms with E-state index in [1.165, 1.54) is 19.2 Å². The molecule has 114 valence electrons. The molecule has 1 atom stereocenters. The Morgan fingerprint density at radius 2 is 1.77 bits per heavy atom. The molecule has 0 aliphatic carbocycles. The average molecular weight is 301 g/mol. The summed E-state index contributed by atoms with van der Waals surface area (Å²) in [5, 5.41) is 10.6. The largest absolute Gasteiger partial charge is 0.467 e. The summed E-state index contributed by atoms with van der Waals surface area (Å²) in [6, 6.07) is 15.0. The van der Waals surface area contributed by atoms with Gasteiger partial charge in [0.1, 0.15) is 0 Å². The van der Waals surface area contributed by atoms with Crippen LogP contribution in [0.25, 0.3) is 0 Å². The van der Waals surface area contributed by atoms with Crippen molar-refractivity contribution < 1.29 is 19.2 Å². The van der Waals surface area contributed by atoms with Crippen LogP contribution < -0.4 is 0 Å². The lowest BCUT2D eigenvalue weighted by Gasteiger charge is -2.16. The standard InChI is InChI=1S/C16H15NO5/c1-21-16(18)15(13-5-3-2-4-6-13)22-11-12-7-9-14(10-8-12)17(19)20/h2-10,15H,11H2,1H3. The number of benzene rings is 2. The van der Waals surface area contributed by atoms with E-state index in [1.54, 1.807) is 36.4 Å². The van der Waals surface area contributed by atoms with Gasteiger partial charge in [-0.05, 0) is 23.3 Å². The monoisotopic (exact) mass is 301 g/mol. The highest BCUT2D eigenvalue weighted by Crippen LogP contribution is 2.21. The number of rotatable bonds is 6. The number of carbonyl (C=O) groups excluding carboxylic acids is 1. The van der Waals surface area contributed by atoms with Gasteiger partial charge in [-0.3, -0.25) is 10.1 Å². The van der Waals surface area contributed by atoms with Gasteiger partial charge in [0.25, 0.3) is 5.69 Å². The molecule has 0 saturated carbocycles. The van der Waals surface area contributed by atoms with Crippen LogP contribution in [0.3, 0.4) is 0 Å². The maximum absolute atomic E-state index is 11.8. The molecule has 22 heavy (non-hydrogen) atoms. The molecule has 2 rings (SSSR count). The molecule has 0 aromatic heterocycles. The van der Waals surface area contributed by atoms with E-state index in [1.807, 2.05) is 6.07 Å². The van der Waals surface area contributed by atoms with Crippen molar-refractivity contribution in [1.29, 1.82) is 0 Å². The minimum absolute atomic E-state index is 0.0105. The van der Waals surface area contributed by atoms with Crippen molar-refractivity contribution in [2.75, 3.05) is 7.11 Å². The predicted octanol–water partition coefficient (Wildman–Crippen LogP) is 3.03. The number of hydrogen-bond acceptors (Lipinski definition) is 5. The Hall–Kier alpha value is -2.73. The number of nitrogens with zero attached hydrogens (tertiary/aromatic N) is 1. The Morgan fingerprint density at radius 3 is 2.32 bits per heavy atom. The summed E-state index contributed by atoms with van der Waals surface area (Å²) in [5.41, 5.74) is 1.43. The summed E-state index contributed by atoms with van der Waals surface area (Å²) in [4.78, 5) is 22.0. The number of ether oxygens (including phenoxy) is 2. The van der Waals surface area contributed by atoms with E-state index >= 15 is 0 Å². The summed E-state index contributed by atoms with van der Waals surface area (Å²) in [7, 11) is 1.30. The van der Waals surface area contributed by atoms with Crippen molar-refractivity contribution in [3.8, 4) is 0 Å². The molecule has 6 nitrogen and oxygen atoms in total. The third kappa shape index (κ3) is 3.89. The predicted molar refractivity (Wildman–Crippen MR) is 79.1 cm³/mol. The molecule has 0 bridgehead atoms. The third-order valence-corrected chi connectivity index (χ3v) is 3.08. The van der Waals surface area contributed by atoms with Gasteiger partial charge in [0, 0.05) is 12.1 Å². The van der Waals surface area contributed by atoms with E-state index < -0.39 is 17.0 Å². The zero-order chi connectivity index (χ0) is 15.9. The Bertz CT molecular complexity index is 639. The minimum atomic E-state index is -0.832. The van der Waals surface area contributed by atoms with Gasteiger partial charge >= 0.3 is 5.97 Å². The lowest BCUT2D eigenvalue weighted by atomic mass is 10.1. The first-order valence-electron chi connectivity index (χ1n) is 6.59. The lowest BCUT2D eigenvalue weighted by molar-refractivity contribution is -0.384. The Balaban J connectivity index is 2.08. The van der Waals surface area contributed by atoms with E-state index in [0.717, 1.165) is 5.56 Å². The van der Waals surface area contributed by atoms with Crippen molar-refractivity contribution in [3.63, 3.8) is 0 Å². The van der Waals surface area contributed by atoms with Gasteiger partial charge in [0.2, 0.25) is 0 Å². The molecule has 0 heterocycles. The van der Waals surface area contributed by atoms with Gasteiger partial charge in [-0.1, -0.05) is 30.3 Å². The number of esters is 1. The molecule has 0 radical (unpaired) electrons. The SMILES string of the molecule is COC(=O)C(OCc1ccc([N+](=O)[O-])cc1)c1ccccc1. The molecule has 0 fully saturated rings. The van der Waals surface area contributed by atoms with Crippen LogP contribution >= 0.6 is 0 Å². The normalized spacial score (nSPS) is 11.7. The van der Waals surface area contributed by atoms with Gasteiger partial charge < -0.3 is 9.47 Å². The first kappa shape index (κ1) is 15.7. The molecule has 2 aromatic carbocycles.